The fourth-order valence-electron chi connectivity index (χ4n) is 2.89. The van der Waals surface area contributed by atoms with E-state index < -0.39 is 0 Å². The van der Waals surface area contributed by atoms with Crippen molar-refractivity contribution < 1.29 is 4.79 Å². The molecule has 2 aliphatic rings. The van der Waals surface area contributed by atoms with Gasteiger partial charge in [-0.25, -0.2) is 0 Å². The summed E-state index contributed by atoms with van der Waals surface area (Å²) in [6.45, 7) is 9.00. The lowest BCUT2D eigenvalue weighted by atomic mass is 9.92. The van der Waals surface area contributed by atoms with Gasteiger partial charge in [-0.3, -0.25) is 9.69 Å². The van der Waals surface area contributed by atoms with Gasteiger partial charge < -0.3 is 10.2 Å². The second-order valence-corrected chi connectivity index (χ2v) is 5.97. The molecule has 2 aliphatic heterocycles. The molecule has 2 rings (SSSR count). The minimum absolute atomic E-state index is 0.304. The number of piperidine rings is 1. The molecule has 0 aliphatic carbocycles. The molecule has 2 fully saturated rings. The highest BCUT2D eigenvalue weighted by Crippen LogP contribution is 2.21. The summed E-state index contributed by atoms with van der Waals surface area (Å²) in [5, 5.41) is 3.24. The first-order valence-electron chi connectivity index (χ1n) is 6.75. The quantitative estimate of drug-likeness (QED) is 0.774. The highest BCUT2D eigenvalue weighted by Gasteiger charge is 2.28. The number of carbonyl (C=O) groups is 1. The van der Waals surface area contributed by atoms with Gasteiger partial charge in [-0.05, 0) is 25.3 Å². The summed E-state index contributed by atoms with van der Waals surface area (Å²) in [6.07, 6.45) is 1.26. The summed E-state index contributed by atoms with van der Waals surface area (Å²) in [4.78, 5) is 16.4. The Morgan fingerprint density at radius 2 is 1.88 bits per heavy atom. The summed E-state index contributed by atoms with van der Waals surface area (Å²) in [5.74, 6) is 1.61. The topological polar surface area (TPSA) is 35.6 Å². The van der Waals surface area contributed by atoms with Crippen LogP contribution in [-0.2, 0) is 4.79 Å². The Labute approximate surface area is 104 Å². The molecule has 98 valence electrons. The summed E-state index contributed by atoms with van der Waals surface area (Å²) in [6, 6.07) is 0.554. The molecule has 0 aromatic rings. The fourth-order valence-corrected chi connectivity index (χ4v) is 2.89. The molecule has 0 spiro atoms. The number of carbonyl (C=O) groups excluding carboxylic acids is 1. The highest BCUT2D eigenvalue weighted by molar-refractivity contribution is 5.78. The molecule has 1 amide bonds. The van der Waals surface area contributed by atoms with Crippen LogP contribution in [0.1, 0.15) is 20.3 Å². The van der Waals surface area contributed by atoms with Crippen molar-refractivity contribution in [2.75, 3.05) is 39.8 Å². The van der Waals surface area contributed by atoms with Crippen LogP contribution in [0.2, 0.25) is 0 Å². The Hall–Kier alpha value is -0.610. The lowest BCUT2D eigenvalue weighted by Gasteiger charge is -2.39. The van der Waals surface area contributed by atoms with E-state index in [1.165, 1.54) is 6.42 Å². The number of rotatable bonds is 3. The molecular weight excluding hydrogens is 214 g/mol. The van der Waals surface area contributed by atoms with E-state index >= 15 is 0 Å². The molecular formula is C13H25N3O. The highest BCUT2D eigenvalue weighted by atomic mass is 16.2. The maximum Gasteiger partial charge on any atom is 0.236 e. The van der Waals surface area contributed by atoms with E-state index in [0.717, 1.165) is 26.2 Å². The van der Waals surface area contributed by atoms with E-state index in [4.69, 9.17) is 0 Å². The lowest BCUT2D eigenvalue weighted by Crippen LogP contribution is -2.58. The maximum atomic E-state index is 12.2. The second-order valence-electron chi connectivity index (χ2n) is 5.97. The van der Waals surface area contributed by atoms with E-state index in [0.29, 0.717) is 30.3 Å². The van der Waals surface area contributed by atoms with Crippen molar-refractivity contribution >= 4 is 5.91 Å². The van der Waals surface area contributed by atoms with Crippen LogP contribution in [0.25, 0.3) is 0 Å². The van der Waals surface area contributed by atoms with E-state index in [-0.39, 0.29) is 0 Å². The van der Waals surface area contributed by atoms with Crippen molar-refractivity contribution in [2.24, 2.45) is 11.8 Å². The SMILES string of the molecule is CC1CC(C)CN(C(=O)CN(C)C2CNC2)C1. The van der Waals surface area contributed by atoms with Gasteiger partial charge in [0.15, 0.2) is 0 Å². The molecule has 4 nitrogen and oxygen atoms in total. The van der Waals surface area contributed by atoms with Crippen molar-refractivity contribution in [2.45, 2.75) is 26.3 Å². The first-order valence-corrected chi connectivity index (χ1v) is 6.75. The number of likely N-dealkylation sites (tertiary alicyclic amines) is 1. The second kappa shape index (κ2) is 5.36. The normalized spacial score (nSPS) is 30.5. The largest absolute Gasteiger partial charge is 0.341 e. The molecule has 17 heavy (non-hydrogen) atoms. The van der Waals surface area contributed by atoms with Gasteiger partial charge in [-0.1, -0.05) is 13.8 Å². The van der Waals surface area contributed by atoms with Crippen molar-refractivity contribution in [3.05, 3.63) is 0 Å². The van der Waals surface area contributed by atoms with Crippen LogP contribution in [-0.4, -0.2) is 61.5 Å². The molecule has 0 radical (unpaired) electrons. The molecule has 4 heteroatoms. The first-order chi connectivity index (χ1) is 8.06. The van der Waals surface area contributed by atoms with Gasteiger partial charge >= 0.3 is 0 Å². The lowest BCUT2D eigenvalue weighted by molar-refractivity contribution is -0.135. The van der Waals surface area contributed by atoms with Crippen molar-refractivity contribution in [3.8, 4) is 0 Å². The Balaban J connectivity index is 1.81. The van der Waals surface area contributed by atoms with Gasteiger partial charge in [0.05, 0.1) is 6.54 Å². The third-order valence-electron chi connectivity index (χ3n) is 3.99. The van der Waals surface area contributed by atoms with Gasteiger partial charge in [-0.15, -0.1) is 0 Å². The van der Waals surface area contributed by atoms with Crippen LogP contribution in [0.3, 0.4) is 0 Å². The summed E-state index contributed by atoms with van der Waals surface area (Å²) < 4.78 is 0. The zero-order valence-electron chi connectivity index (χ0n) is 11.3. The molecule has 2 saturated heterocycles. The fraction of sp³-hybridized carbons (Fsp3) is 0.923. The summed E-state index contributed by atoms with van der Waals surface area (Å²) in [5.41, 5.74) is 0. The molecule has 0 aromatic carbocycles. The van der Waals surface area contributed by atoms with Crippen LogP contribution < -0.4 is 5.32 Å². The first kappa shape index (κ1) is 12.8. The Bertz CT molecular complexity index is 268. The van der Waals surface area contributed by atoms with Crippen LogP contribution in [0.5, 0.6) is 0 Å². The number of likely N-dealkylation sites (N-methyl/N-ethyl adjacent to an activating group) is 1. The Morgan fingerprint density at radius 3 is 2.35 bits per heavy atom. The average Bonchev–Trinajstić information content (AvgIpc) is 2.12. The molecule has 0 aromatic heterocycles. The number of hydrogen-bond acceptors (Lipinski definition) is 3. The minimum atomic E-state index is 0.304. The molecule has 0 saturated carbocycles. The third kappa shape index (κ3) is 3.19. The van der Waals surface area contributed by atoms with Crippen LogP contribution >= 0.6 is 0 Å². The molecule has 1 N–H and O–H groups in total. The standard InChI is InChI=1S/C13H25N3O/c1-10-4-11(2)8-16(7-10)13(17)9-15(3)12-5-14-6-12/h10-12,14H,4-9H2,1-3H3. The Morgan fingerprint density at radius 1 is 1.29 bits per heavy atom. The number of hydrogen-bond donors (Lipinski definition) is 1. The molecule has 0 bridgehead atoms. The van der Waals surface area contributed by atoms with Gasteiger partial charge in [-0.2, -0.15) is 0 Å². The number of nitrogens with zero attached hydrogens (tertiary/aromatic N) is 2. The predicted octanol–water partition coefficient (Wildman–Crippen LogP) is 0.395. The van der Waals surface area contributed by atoms with Gasteiger partial charge in [0, 0.05) is 32.2 Å². The zero-order valence-corrected chi connectivity index (χ0v) is 11.3. The van der Waals surface area contributed by atoms with Gasteiger partial charge in [0.1, 0.15) is 0 Å². The maximum absolute atomic E-state index is 12.2. The van der Waals surface area contributed by atoms with Crippen molar-refractivity contribution in [1.29, 1.82) is 0 Å². The van der Waals surface area contributed by atoms with E-state index in [1.54, 1.807) is 0 Å². The smallest absolute Gasteiger partial charge is 0.236 e. The molecule has 2 unspecified atom stereocenters. The number of nitrogens with one attached hydrogen (secondary N) is 1. The van der Waals surface area contributed by atoms with Crippen LogP contribution in [0.15, 0.2) is 0 Å². The van der Waals surface area contributed by atoms with Crippen LogP contribution in [0.4, 0.5) is 0 Å². The third-order valence-corrected chi connectivity index (χ3v) is 3.99. The van der Waals surface area contributed by atoms with Gasteiger partial charge in [0.25, 0.3) is 0 Å². The molecule has 2 atom stereocenters. The predicted molar refractivity (Wildman–Crippen MR) is 68.8 cm³/mol. The van der Waals surface area contributed by atoms with Gasteiger partial charge in [0.2, 0.25) is 5.91 Å². The summed E-state index contributed by atoms with van der Waals surface area (Å²) >= 11 is 0. The van der Waals surface area contributed by atoms with E-state index in [1.807, 2.05) is 0 Å². The minimum Gasteiger partial charge on any atom is -0.341 e. The zero-order chi connectivity index (χ0) is 12.4. The van der Waals surface area contributed by atoms with E-state index in [2.05, 4.69) is 36.0 Å². The average molecular weight is 239 g/mol. The van der Waals surface area contributed by atoms with Crippen molar-refractivity contribution in [3.63, 3.8) is 0 Å². The van der Waals surface area contributed by atoms with E-state index in [9.17, 15) is 4.79 Å². The summed E-state index contributed by atoms with van der Waals surface area (Å²) in [7, 11) is 2.06. The Kier molecular flexibility index (Phi) is 4.05. The monoisotopic (exact) mass is 239 g/mol. The molecule has 2 heterocycles. The van der Waals surface area contributed by atoms with Crippen molar-refractivity contribution in [1.82, 2.24) is 15.1 Å². The number of amides is 1. The van der Waals surface area contributed by atoms with Crippen LogP contribution in [0, 0.1) is 11.8 Å².